The fraction of sp³-hybridized carbons (Fsp3) is 0.500. The van der Waals surface area contributed by atoms with Crippen molar-refractivity contribution in [3.8, 4) is 0 Å². The Bertz CT molecular complexity index is 381. The van der Waals surface area contributed by atoms with Gasteiger partial charge in [0.2, 0.25) is 0 Å². The molecule has 1 aromatic rings. The molecule has 0 aliphatic carbocycles. The van der Waals surface area contributed by atoms with Gasteiger partial charge in [0.1, 0.15) is 5.69 Å². The molecule has 1 aliphatic rings. The summed E-state index contributed by atoms with van der Waals surface area (Å²) < 4.78 is 0. The molecule has 0 spiro atoms. The molecule has 80 valence electrons. The van der Waals surface area contributed by atoms with E-state index in [1.807, 2.05) is 24.8 Å². The van der Waals surface area contributed by atoms with Gasteiger partial charge in [0.25, 0.3) is 5.91 Å². The topological polar surface area (TPSA) is 33.2 Å². The average Bonchev–Trinajstić information content (AvgIpc) is 2.74. The van der Waals surface area contributed by atoms with Gasteiger partial charge in [0, 0.05) is 19.3 Å². The Morgan fingerprint density at radius 2 is 1.93 bits per heavy atom. The van der Waals surface area contributed by atoms with Crippen LogP contribution in [0.15, 0.2) is 12.3 Å². The van der Waals surface area contributed by atoms with E-state index in [0.717, 1.165) is 37.1 Å². The van der Waals surface area contributed by atoms with Crippen molar-refractivity contribution in [2.75, 3.05) is 13.1 Å². The van der Waals surface area contributed by atoms with Gasteiger partial charge >= 0.3 is 0 Å². The van der Waals surface area contributed by atoms with E-state index < -0.39 is 0 Å². The van der Waals surface area contributed by atoms with E-state index in [1.54, 1.807) is 6.20 Å². The maximum Gasteiger partial charge on any atom is 0.272 e. The van der Waals surface area contributed by atoms with Gasteiger partial charge in [-0.25, -0.2) is 0 Å². The zero-order chi connectivity index (χ0) is 10.8. The molecule has 0 saturated carbocycles. The molecule has 2 rings (SSSR count). The number of carbonyl (C=O) groups is 1. The molecule has 1 amide bonds. The van der Waals surface area contributed by atoms with E-state index in [9.17, 15) is 4.79 Å². The highest BCUT2D eigenvalue weighted by Gasteiger charge is 2.20. The quantitative estimate of drug-likeness (QED) is 0.700. The molecule has 0 atom stereocenters. The Morgan fingerprint density at radius 1 is 1.27 bits per heavy atom. The van der Waals surface area contributed by atoms with Crippen LogP contribution in [0.4, 0.5) is 0 Å². The van der Waals surface area contributed by atoms with Crippen molar-refractivity contribution in [3.05, 3.63) is 29.1 Å². The Morgan fingerprint density at radius 3 is 2.53 bits per heavy atom. The first-order valence-corrected chi connectivity index (χ1v) is 5.41. The van der Waals surface area contributed by atoms with Crippen LogP contribution in [0.25, 0.3) is 0 Å². The number of pyridine rings is 1. The SMILES string of the molecule is Cc1cnc(C(=O)N2CCCC2)cc1C. The third-order valence-electron chi connectivity index (χ3n) is 2.98. The zero-order valence-corrected chi connectivity index (χ0v) is 9.29. The number of likely N-dealkylation sites (tertiary alicyclic amines) is 1. The average molecular weight is 204 g/mol. The Labute approximate surface area is 90.1 Å². The first kappa shape index (κ1) is 10.1. The Balaban J connectivity index is 2.21. The summed E-state index contributed by atoms with van der Waals surface area (Å²) in [6.45, 7) is 5.78. The number of hydrogen-bond acceptors (Lipinski definition) is 2. The number of aryl methyl sites for hydroxylation is 2. The molecule has 0 bridgehead atoms. The second-order valence-electron chi connectivity index (χ2n) is 4.15. The molecule has 1 fully saturated rings. The number of hydrogen-bond donors (Lipinski definition) is 0. The highest BCUT2D eigenvalue weighted by molar-refractivity contribution is 5.92. The summed E-state index contributed by atoms with van der Waals surface area (Å²) in [4.78, 5) is 18.1. The lowest BCUT2D eigenvalue weighted by molar-refractivity contribution is 0.0787. The van der Waals surface area contributed by atoms with E-state index in [0.29, 0.717) is 5.69 Å². The van der Waals surface area contributed by atoms with Crippen LogP contribution in [-0.4, -0.2) is 28.9 Å². The largest absolute Gasteiger partial charge is 0.337 e. The molecule has 3 heteroatoms. The van der Waals surface area contributed by atoms with Gasteiger partial charge in [-0.15, -0.1) is 0 Å². The molecule has 0 N–H and O–H groups in total. The number of aromatic nitrogens is 1. The van der Waals surface area contributed by atoms with E-state index in [1.165, 1.54) is 0 Å². The van der Waals surface area contributed by atoms with Crippen molar-refractivity contribution in [2.24, 2.45) is 0 Å². The molecule has 2 heterocycles. The summed E-state index contributed by atoms with van der Waals surface area (Å²) >= 11 is 0. The number of carbonyl (C=O) groups excluding carboxylic acids is 1. The molecule has 15 heavy (non-hydrogen) atoms. The summed E-state index contributed by atoms with van der Waals surface area (Å²) in [7, 11) is 0. The lowest BCUT2D eigenvalue weighted by Crippen LogP contribution is -2.28. The molecular formula is C12H16N2O. The van der Waals surface area contributed by atoms with Gasteiger partial charge in [-0.2, -0.15) is 0 Å². The first-order chi connectivity index (χ1) is 7.18. The monoisotopic (exact) mass is 204 g/mol. The van der Waals surface area contributed by atoms with Crippen LogP contribution in [0.1, 0.15) is 34.5 Å². The van der Waals surface area contributed by atoms with Gasteiger partial charge in [-0.05, 0) is 43.9 Å². The summed E-state index contributed by atoms with van der Waals surface area (Å²) in [5, 5.41) is 0. The van der Waals surface area contributed by atoms with Crippen molar-refractivity contribution in [3.63, 3.8) is 0 Å². The van der Waals surface area contributed by atoms with Crippen LogP contribution >= 0.6 is 0 Å². The van der Waals surface area contributed by atoms with Gasteiger partial charge in [-0.3, -0.25) is 9.78 Å². The Hall–Kier alpha value is -1.38. The minimum absolute atomic E-state index is 0.0793. The molecule has 1 saturated heterocycles. The van der Waals surface area contributed by atoms with Crippen LogP contribution in [0.5, 0.6) is 0 Å². The fourth-order valence-electron chi connectivity index (χ4n) is 1.82. The molecular weight excluding hydrogens is 188 g/mol. The lowest BCUT2D eigenvalue weighted by Gasteiger charge is -2.14. The van der Waals surface area contributed by atoms with Crippen molar-refractivity contribution < 1.29 is 4.79 Å². The third kappa shape index (κ3) is 2.01. The minimum atomic E-state index is 0.0793. The smallest absolute Gasteiger partial charge is 0.272 e. The normalized spacial score (nSPS) is 15.7. The second kappa shape index (κ2) is 4.01. The van der Waals surface area contributed by atoms with Crippen molar-refractivity contribution >= 4 is 5.91 Å². The van der Waals surface area contributed by atoms with Gasteiger partial charge in [0.05, 0.1) is 0 Å². The fourth-order valence-corrected chi connectivity index (χ4v) is 1.82. The minimum Gasteiger partial charge on any atom is -0.337 e. The molecule has 3 nitrogen and oxygen atoms in total. The maximum atomic E-state index is 12.0. The summed E-state index contributed by atoms with van der Waals surface area (Å²) in [5.74, 6) is 0.0793. The summed E-state index contributed by atoms with van der Waals surface area (Å²) in [6.07, 6.45) is 4.02. The van der Waals surface area contributed by atoms with E-state index in [4.69, 9.17) is 0 Å². The first-order valence-electron chi connectivity index (χ1n) is 5.41. The van der Waals surface area contributed by atoms with Crippen molar-refractivity contribution in [2.45, 2.75) is 26.7 Å². The standard InChI is InChI=1S/C12H16N2O/c1-9-7-11(13-8-10(9)2)12(15)14-5-3-4-6-14/h7-8H,3-6H2,1-2H3. The Kier molecular flexibility index (Phi) is 2.71. The van der Waals surface area contributed by atoms with Gasteiger partial charge in [0.15, 0.2) is 0 Å². The highest BCUT2D eigenvalue weighted by atomic mass is 16.2. The predicted octanol–water partition coefficient (Wildman–Crippen LogP) is 1.93. The lowest BCUT2D eigenvalue weighted by atomic mass is 10.1. The van der Waals surface area contributed by atoms with E-state index in [2.05, 4.69) is 4.98 Å². The van der Waals surface area contributed by atoms with Crippen LogP contribution < -0.4 is 0 Å². The van der Waals surface area contributed by atoms with E-state index in [-0.39, 0.29) is 5.91 Å². The summed E-state index contributed by atoms with van der Waals surface area (Å²) in [6, 6.07) is 1.88. The molecule has 0 radical (unpaired) electrons. The summed E-state index contributed by atoms with van der Waals surface area (Å²) in [5.41, 5.74) is 2.85. The predicted molar refractivity (Wildman–Crippen MR) is 58.8 cm³/mol. The van der Waals surface area contributed by atoms with Crippen LogP contribution in [0.3, 0.4) is 0 Å². The maximum absolute atomic E-state index is 12.0. The zero-order valence-electron chi connectivity index (χ0n) is 9.29. The van der Waals surface area contributed by atoms with Crippen LogP contribution in [0.2, 0.25) is 0 Å². The van der Waals surface area contributed by atoms with Crippen LogP contribution in [0, 0.1) is 13.8 Å². The van der Waals surface area contributed by atoms with Gasteiger partial charge < -0.3 is 4.90 Å². The number of rotatable bonds is 1. The molecule has 1 aliphatic heterocycles. The van der Waals surface area contributed by atoms with Crippen molar-refractivity contribution in [1.82, 2.24) is 9.88 Å². The number of amides is 1. The van der Waals surface area contributed by atoms with Gasteiger partial charge in [-0.1, -0.05) is 0 Å². The molecule has 0 unspecified atom stereocenters. The van der Waals surface area contributed by atoms with E-state index >= 15 is 0 Å². The van der Waals surface area contributed by atoms with Crippen LogP contribution in [-0.2, 0) is 0 Å². The second-order valence-corrected chi connectivity index (χ2v) is 4.15. The number of nitrogens with zero attached hydrogens (tertiary/aromatic N) is 2. The third-order valence-corrected chi connectivity index (χ3v) is 2.98. The van der Waals surface area contributed by atoms with Crippen molar-refractivity contribution in [1.29, 1.82) is 0 Å². The molecule has 1 aromatic heterocycles. The molecule has 0 aromatic carbocycles. The highest BCUT2D eigenvalue weighted by Crippen LogP contribution is 2.13.